The highest BCUT2D eigenvalue weighted by molar-refractivity contribution is 5.88. The zero-order valence-corrected chi connectivity index (χ0v) is 15.6. The number of hydrogen-bond donors (Lipinski definition) is 2. The van der Waals surface area contributed by atoms with Gasteiger partial charge in [-0.1, -0.05) is 60.7 Å². The van der Waals surface area contributed by atoms with Gasteiger partial charge in [-0.05, 0) is 42.7 Å². The van der Waals surface area contributed by atoms with E-state index in [-0.39, 0.29) is 18.4 Å². The summed E-state index contributed by atoms with van der Waals surface area (Å²) in [5.74, 6) is 0.203. The van der Waals surface area contributed by atoms with Crippen molar-refractivity contribution >= 4 is 5.91 Å². The lowest BCUT2D eigenvalue weighted by atomic mass is 9.73. The van der Waals surface area contributed by atoms with Crippen LogP contribution >= 0.6 is 0 Å². The van der Waals surface area contributed by atoms with Crippen molar-refractivity contribution in [1.82, 2.24) is 5.32 Å². The van der Waals surface area contributed by atoms with Crippen molar-refractivity contribution in [2.75, 3.05) is 19.8 Å². The molecule has 142 valence electrons. The molecular weight excluding hydrogens is 338 g/mol. The van der Waals surface area contributed by atoms with Crippen molar-refractivity contribution in [2.24, 2.45) is 5.92 Å². The fourth-order valence-corrected chi connectivity index (χ4v) is 4.28. The first-order valence-electron chi connectivity index (χ1n) is 9.85. The topological polar surface area (TPSA) is 58.6 Å². The van der Waals surface area contributed by atoms with Crippen molar-refractivity contribution in [3.8, 4) is 0 Å². The van der Waals surface area contributed by atoms with Gasteiger partial charge in [0, 0.05) is 13.2 Å². The number of aliphatic hydroxyl groups is 1. The molecule has 4 rings (SSSR count). The molecule has 1 aliphatic carbocycles. The maximum absolute atomic E-state index is 13.4. The summed E-state index contributed by atoms with van der Waals surface area (Å²) < 4.78 is 5.53. The minimum Gasteiger partial charge on any atom is -0.383 e. The van der Waals surface area contributed by atoms with Gasteiger partial charge in [0.05, 0.1) is 12.0 Å². The SMILES string of the molecule is O=C(NC[C@](O)(c1ccccc1)C1CC1)C1(c2ccccc2)CCOCC1. The summed E-state index contributed by atoms with van der Waals surface area (Å²) in [5.41, 5.74) is 0.328. The number of carbonyl (C=O) groups is 1. The van der Waals surface area contributed by atoms with Gasteiger partial charge in [0.2, 0.25) is 5.91 Å². The monoisotopic (exact) mass is 365 g/mol. The molecule has 0 bridgehead atoms. The minimum absolute atomic E-state index is 0.00740. The second-order valence-electron chi connectivity index (χ2n) is 7.81. The molecular formula is C23H27NO3. The van der Waals surface area contributed by atoms with Gasteiger partial charge in [-0.3, -0.25) is 4.79 Å². The van der Waals surface area contributed by atoms with Crippen LogP contribution in [0.4, 0.5) is 0 Å². The summed E-state index contributed by atoms with van der Waals surface area (Å²) in [5, 5.41) is 14.5. The molecule has 27 heavy (non-hydrogen) atoms. The Kier molecular flexibility index (Phi) is 5.02. The van der Waals surface area contributed by atoms with Crippen LogP contribution in [0.1, 0.15) is 36.8 Å². The van der Waals surface area contributed by atoms with E-state index in [1.165, 1.54) is 0 Å². The Morgan fingerprint density at radius 3 is 2.22 bits per heavy atom. The Morgan fingerprint density at radius 1 is 1.04 bits per heavy atom. The van der Waals surface area contributed by atoms with Crippen LogP contribution in [0.2, 0.25) is 0 Å². The van der Waals surface area contributed by atoms with E-state index in [0.717, 1.165) is 24.0 Å². The Hall–Kier alpha value is -2.17. The van der Waals surface area contributed by atoms with E-state index in [9.17, 15) is 9.90 Å². The van der Waals surface area contributed by atoms with Crippen LogP contribution in [-0.4, -0.2) is 30.8 Å². The molecule has 2 fully saturated rings. The molecule has 0 spiro atoms. The fraction of sp³-hybridized carbons (Fsp3) is 0.435. The van der Waals surface area contributed by atoms with Crippen molar-refractivity contribution in [3.05, 3.63) is 71.8 Å². The van der Waals surface area contributed by atoms with Crippen LogP contribution in [-0.2, 0) is 20.5 Å². The lowest BCUT2D eigenvalue weighted by Crippen LogP contribution is -2.52. The van der Waals surface area contributed by atoms with Gasteiger partial charge < -0.3 is 15.2 Å². The first kappa shape index (κ1) is 18.2. The van der Waals surface area contributed by atoms with Gasteiger partial charge in [-0.2, -0.15) is 0 Å². The second-order valence-corrected chi connectivity index (χ2v) is 7.81. The Balaban J connectivity index is 1.56. The molecule has 1 saturated heterocycles. The van der Waals surface area contributed by atoms with Crippen LogP contribution in [0, 0.1) is 5.92 Å². The van der Waals surface area contributed by atoms with E-state index < -0.39 is 11.0 Å². The Labute approximate surface area is 160 Å². The summed E-state index contributed by atoms with van der Waals surface area (Å²) in [7, 11) is 0. The van der Waals surface area contributed by atoms with Crippen molar-refractivity contribution in [3.63, 3.8) is 0 Å². The molecule has 0 radical (unpaired) electrons. The molecule has 1 saturated carbocycles. The molecule has 4 heteroatoms. The van der Waals surface area contributed by atoms with Gasteiger partial charge in [0.15, 0.2) is 0 Å². The number of carbonyl (C=O) groups excluding carboxylic acids is 1. The Morgan fingerprint density at radius 2 is 1.63 bits per heavy atom. The van der Waals surface area contributed by atoms with Crippen LogP contribution in [0.25, 0.3) is 0 Å². The van der Waals surface area contributed by atoms with Gasteiger partial charge in [0.1, 0.15) is 5.60 Å². The van der Waals surface area contributed by atoms with Crippen LogP contribution in [0.3, 0.4) is 0 Å². The fourth-order valence-electron chi connectivity index (χ4n) is 4.28. The number of rotatable bonds is 6. The standard InChI is InChI=1S/C23H27NO3/c25-21(22(13-15-27-16-14-22)18-7-3-1-4-8-18)24-17-23(26,20-11-12-20)19-9-5-2-6-10-19/h1-10,20,26H,11-17H2,(H,24,25)/t23-/m0/s1. The van der Waals surface area contributed by atoms with Gasteiger partial charge >= 0.3 is 0 Å². The lowest BCUT2D eigenvalue weighted by Gasteiger charge is -2.38. The molecule has 2 N–H and O–H groups in total. The van der Waals surface area contributed by atoms with E-state index in [4.69, 9.17) is 4.74 Å². The molecule has 0 unspecified atom stereocenters. The summed E-state index contributed by atoms with van der Waals surface area (Å²) in [6.45, 7) is 1.40. The molecule has 1 heterocycles. The average Bonchev–Trinajstić information content (AvgIpc) is 3.59. The normalized spacial score (nSPS) is 21.2. The van der Waals surface area contributed by atoms with Gasteiger partial charge in [-0.15, -0.1) is 0 Å². The second kappa shape index (κ2) is 7.45. The molecule has 2 aliphatic rings. The number of benzene rings is 2. The van der Waals surface area contributed by atoms with E-state index in [0.29, 0.717) is 26.1 Å². The first-order valence-corrected chi connectivity index (χ1v) is 9.85. The summed E-state index contributed by atoms with van der Waals surface area (Å²) in [4.78, 5) is 13.4. The van der Waals surface area contributed by atoms with Crippen molar-refractivity contribution < 1.29 is 14.6 Å². The largest absolute Gasteiger partial charge is 0.383 e. The zero-order valence-electron chi connectivity index (χ0n) is 15.6. The van der Waals surface area contributed by atoms with Crippen LogP contribution in [0.15, 0.2) is 60.7 Å². The summed E-state index contributed by atoms with van der Waals surface area (Å²) >= 11 is 0. The van der Waals surface area contributed by atoms with Gasteiger partial charge in [0.25, 0.3) is 0 Å². The van der Waals surface area contributed by atoms with Crippen molar-refractivity contribution in [2.45, 2.75) is 36.7 Å². The summed E-state index contributed by atoms with van der Waals surface area (Å²) in [6, 6.07) is 19.7. The number of amides is 1. The molecule has 0 aromatic heterocycles. The number of hydrogen-bond acceptors (Lipinski definition) is 3. The zero-order chi connectivity index (χ0) is 18.7. The van der Waals surface area contributed by atoms with E-state index in [1.54, 1.807) is 0 Å². The third-order valence-corrected chi connectivity index (χ3v) is 6.15. The quantitative estimate of drug-likeness (QED) is 0.827. The predicted molar refractivity (Wildman–Crippen MR) is 104 cm³/mol. The summed E-state index contributed by atoms with van der Waals surface area (Å²) in [6.07, 6.45) is 3.32. The smallest absolute Gasteiger partial charge is 0.230 e. The number of ether oxygens (including phenoxy) is 1. The maximum Gasteiger partial charge on any atom is 0.230 e. The Bertz CT molecular complexity index is 767. The van der Waals surface area contributed by atoms with Gasteiger partial charge in [-0.25, -0.2) is 0 Å². The van der Waals surface area contributed by atoms with Crippen LogP contribution < -0.4 is 5.32 Å². The minimum atomic E-state index is -1.00. The third-order valence-electron chi connectivity index (χ3n) is 6.15. The molecule has 2 aromatic rings. The molecule has 2 aromatic carbocycles. The number of nitrogens with one attached hydrogen (secondary N) is 1. The first-order chi connectivity index (χ1) is 13.2. The van der Waals surface area contributed by atoms with E-state index in [2.05, 4.69) is 5.32 Å². The van der Waals surface area contributed by atoms with E-state index in [1.807, 2.05) is 60.7 Å². The molecule has 1 aliphatic heterocycles. The maximum atomic E-state index is 13.4. The third kappa shape index (κ3) is 3.52. The van der Waals surface area contributed by atoms with Crippen LogP contribution in [0.5, 0.6) is 0 Å². The lowest BCUT2D eigenvalue weighted by molar-refractivity contribution is -0.132. The van der Waals surface area contributed by atoms with E-state index >= 15 is 0 Å². The molecule has 1 amide bonds. The molecule has 4 nitrogen and oxygen atoms in total. The highest BCUT2D eigenvalue weighted by atomic mass is 16.5. The molecule has 1 atom stereocenters. The highest BCUT2D eigenvalue weighted by Crippen LogP contribution is 2.45. The predicted octanol–water partition coefficient (Wildman–Crippen LogP) is 3.15. The van der Waals surface area contributed by atoms with Crippen molar-refractivity contribution in [1.29, 1.82) is 0 Å². The highest BCUT2D eigenvalue weighted by Gasteiger charge is 2.47. The average molecular weight is 365 g/mol.